The molecule has 4 nitrogen and oxygen atoms in total. The van der Waals surface area contributed by atoms with Crippen molar-refractivity contribution < 1.29 is 9.59 Å². The number of hydrogen-bond donors (Lipinski definition) is 2. The van der Waals surface area contributed by atoms with Gasteiger partial charge in [-0.2, -0.15) is 0 Å². The number of benzene rings is 3. The van der Waals surface area contributed by atoms with Gasteiger partial charge in [-0.3, -0.25) is 9.59 Å². The SMILES string of the molecule is Cc1ccc(/C=C2/Sc3ccc(C(=O)N[C@@H](C)CCc4ccccc4)cc3NC2=O)cc1. The first kappa shape index (κ1) is 21.9. The highest BCUT2D eigenvalue weighted by Crippen LogP contribution is 2.39. The summed E-state index contributed by atoms with van der Waals surface area (Å²) in [5.74, 6) is -0.287. The predicted molar refractivity (Wildman–Crippen MR) is 132 cm³/mol. The van der Waals surface area contributed by atoms with Crippen molar-refractivity contribution in [1.29, 1.82) is 0 Å². The zero-order chi connectivity index (χ0) is 22.5. The largest absolute Gasteiger partial charge is 0.350 e. The van der Waals surface area contributed by atoms with Crippen LogP contribution in [0.3, 0.4) is 0 Å². The van der Waals surface area contributed by atoms with Crippen molar-refractivity contribution in [2.75, 3.05) is 5.32 Å². The van der Waals surface area contributed by atoms with Crippen LogP contribution in [0.1, 0.15) is 40.4 Å². The Hall–Kier alpha value is -3.31. The Morgan fingerprint density at radius 1 is 1.06 bits per heavy atom. The van der Waals surface area contributed by atoms with Crippen molar-refractivity contribution in [2.24, 2.45) is 0 Å². The Labute approximate surface area is 193 Å². The van der Waals surface area contributed by atoms with Crippen LogP contribution >= 0.6 is 11.8 Å². The fourth-order valence-corrected chi connectivity index (χ4v) is 4.45. The van der Waals surface area contributed by atoms with E-state index in [9.17, 15) is 9.59 Å². The van der Waals surface area contributed by atoms with Gasteiger partial charge in [-0.1, -0.05) is 71.9 Å². The number of anilines is 1. The molecule has 1 heterocycles. The van der Waals surface area contributed by atoms with E-state index in [0.29, 0.717) is 16.2 Å². The zero-order valence-electron chi connectivity index (χ0n) is 18.2. The van der Waals surface area contributed by atoms with Gasteiger partial charge in [0, 0.05) is 16.5 Å². The number of thioether (sulfide) groups is 1. The van der Waals surface area contributed by atoms with Crippen molar-refractivity contribution in [3.8, 4) is 0 Å². The number of aryl methyl sites for hydroxylation is 2. The molecule has 0 bridgehead atoms. The van der Waals surface area contributed by atoms with Crippen LogP contribution in [0.5, 0.6) is 0 Å². The van der Waals surface area contributed by atoms with E-state index >= 15 is 0 Å². The minimum atomic E-state index is -0.156. The summed E-state index contributed by atoms with van der Waals surface area (Å²) in [6, 6.07) is 23.8. The molecule has 5 heteroatoms. The van der Waals surface area contributed by atoms with Gasteiger partial charge in [0.1, 0.15) is 0 Å². The molecule has 32 heavy (non-hydrogen) atoms. The molecular formula is C27H26N2O2S. The van der Waals surface area contributed by atoms with Gasteiger partial charge >= 0.3 is 0 Å². The summed E-state index contributed by atoms with van der Waals surface area (Å²) in [6.45, 7) is 4.05. The quantitative estimate of drug-likeness (QED) is 0.472. The minimum absolute atomic E-state index is 0.0479. The van der Waals surface area contributed by atoms with Gasteiger partial charge in [-0.05, 0) is 62.1 Å². The second-order valence-corrected chi connectivity index (χ2v) is 9.17. The molecule has 0 saturated carbocycles. The molecule has 162 valence electrons. The molecule has 0 unspecified atom stereocenters. The van der Waals surface area contributed by atoms with E-state index in [1.165, 1.54) is 22.9 Å². The van der Waals surface area contributed by atoms with Gasteiger partial charge in [0.15, 0.2) is 0 Å². The average molecular weight is 443 g/mol. The van der Waals surface area contributed by atoms with Crippen LogP contribution in [-0.4, -0.2) is 17.9 Å². The molecule has 1 aliphatic heterocycles. The molecule has 0 aliphatic carbocycles. The van der Waals surface area contributed by atoms with E-state index in [-0.39, 0.29) is 17.9 Å². The van der Waals surface area contributed by atoms with Crippen molar-refractivity contribution >= 4 is 35.3 Å². The summed E-state index contributed by atoms with van der Waals surface area (Å²) in [7, 11) is 0. The highest BCUT2D eigenvalue weighted by molar-refractivity contribution is 8.04. The standard InChI is InChI=1S/C27H26N2O2S/c1-18-8-11-21(12-9-18)16-25-27(31)29-23-17-22(14-15-24(23)32-25)26(30)28-19(2)10-13-20-6-4-3-5-7-20/h3-9,11-12,14-17,19H,10,13H2,1-2H3,(H,28,30)(H,29,31)/b25-16+/t19-/m0/s1. The first-order chi connectivity index (χ1) is 15.5. The maximum Gasteiger partial charge on any atom is 0.262 e. The van der Waals surface area contributed by atoms with Crippen LogP contribution in [0, 0.1) is 6.92 Å². The smallest absolute Gasteiger partial charge is 0.262 e. The number of hydrogen-bond acceptors (Lipinski definition) is 3. The Morgan fingerprint density at radius 3 is 2.56 bits per heavy atom. The lowest BCUT2D eigenvalue weighted by Gasteiger charge is -2.20. The number of rotatable bonds is 6. The maximum atomic E-state index is 12.7. The Morgan fingerprint density at radius 2 is 1.81 bits per heavy atom. The van der Waals surface area contributed by atoms with Gasteiger partial charge in [0.2, 0.25) is 0 Å². The summed E-state index contributed by atoms with van der Waals surface area (Å²) in [4.78, 5) is 26.9. The molecule has 1 aliphatic rings. The normalized spacial score (nSPS) is 15.1. The molecule has 0 radical (unpaired) electrons. The highest BCUT2D eigenvalue weighted by Gasteiger charge is 2.22. The average Bonchev–Trinajstić information content (AvgIpc) is 2.80. The van der Waals surface area contributed by atoms with Crippen molar-refractivity contribution in [3.63, 3.8) is 0 Å². The summed E-state index contributed by atoms with van der Waals surface area (Å²) in [6.07, 6.45) is 3.66. The molecule has 2 amide bonds. The third-order valence-electron chi connectivity index (χ3n) is 5.40. The van der Waals surface area contributed by atoms with Gasteiger partial charge in [-0.15, -0.1) is 0 Å². The monoisotopic (exact) mass is 442 g/mol. The fourth-order valence-electron chi connectivity index (χ4n) is 3.52. The predicted octanol–water partition coefficient (Wildman–Crippen LogP) is 5.83. The molecule has 1 atom stereocenters. The van der Waals surface area contributed by atoms with Crippen LogP contribution in [0.25, 0.3) is 6.08 Å². The molecule has 0 aromatic heterocycles. The minimum Gasteiger partial charge on any atom is -0.350 e. The summed E-state index contributed by atoms with van der Waals surface area (Å²) in [5, 5.41) is 5.99. The highest BCUT2D eigenvalue weighted by atomic mass is 32.2. The molecule has 0 fully saturated rings. The summed E-state index contributed by atoms with van der Waals surface area (Å²) < 4.78 is 0. The first-order valence-corrected chi connectivity index (χ1v) is 11.6. The van der Waals surface area contributed by atoms with Crippen molar-refractivity contribution in [1.82, 2.24) is 5.32 Å². The molecular weight excluding hydrogens is 416 g/mol. The van der Waals surface area contributed by atoms with E-state index in [0.717, 1.165) is 23.3 Å². The molecule has 0 spiro atoms. The molecule has 3 aromatic rings. The van der Waals surface area contributed by atoms with E-state index in [1.807, 2.05) is 74.5 Å². The lowest BCUT2D eigenvalue weighted by molar-refractivity contribution is -0.112. The van der Waals surface area contributed by atoms with Gasteiger partial charge < -0.3 is 10.6 Å². The Kier molecular flexibility index (Phi) is 6.76. The van der Waals surface area contributed by atoms with Gasteiger partial charge in [-0.25, -0.2) is 0 Å². The molecule has 2 N–H and O–H groups in total. The van der Waals surface area contributed by atoms with E-state index < -0.39 is 0 Å². The fraction of sp³-hybridized carbons (Fsp3) is 0.185. The number of carbonyl (C=O) groups excluding carboxylic acids is 2. The molecule has 4 rings (SSSR count). The van der Waals surface area contributed by atoms with Crippen LogP contribution < -0.4 is 10.6 Å². The van der Waals surface area contributed by atoms with Crippen LogP contribution in [0.4, 0.5) is 5.69 Å². The molecule has 0 saturated heterocycles. The summed E-state index contributed by atoms with van der Waals surface area (Å²) >= 11 is 1.42. The van der Waals surface area contributed by atoms with Gasteiger partial charge in [0.25, 0.3) is 11.8 Å². The third-order valence-corrected chi connectivity index (χ3v) is 6.49. The van der Waals surface area contributed by atoms with Gasteiger partial charge in [0.05, 0.1) is 10.6 Å². The van der Waals surface area contributed by atoms with Crippen LogP contribution in [0.2, 0.25) is 0 Å². The van der Waals surface area contributed by atoms with E-state index in [2.05, 4.69) is 22.8 Å². The number of nitrogens with one attached hydrogen (secondary N) is 2. The lowest BCUT2D eigenvalue weighted by atomic mass is 10.1. The van der Waals surface area contributed by atoms with Crippen molar-refractivity contribution in [3.05, 3.63) is 100.0 Å². The zero-order valence-corrected chi connectivity index (χ0v) is 19.0. The maximum absolute atomic E-state index is 12.7. The topological polar surface area (TPSA) is 58.2 Å². The van der Waals surface area contributed by atoms with Crippen LogP contribution in [-0.2, 0) is 11.2 Å². The summed E-state index contributed by atoms with van der Waals surface area (Å²) in [5.41, 5.74) is 4.64. The van der Waals surface area contributed by atoms with Crippen LogP contribution in [0.15, 0.2) is 82.6 Å². The number of fused-ring (bicyclic) bond motifs is 1. The second kappa shape index (κ2) is 9.88. The molecule has 3 aromatic carbocycles. The Bertz CT molecular complexity index is 1150. The first-order valence-electron chi connectivity index (χ1n) is 10.7. The van der Waals surface area contributed by atoms with E-state index in [4.69, 9.17) is 0 Å². The van der Waals surface area contributed by atoms with E-state index in [1.54, 1.807) is 6.07 Å². The lowest BCUT2D eigenvalue weighted by Crippen LogP contribution is -2.33. The third kappa shape index (κ3) is 5.48. The van der Waals surface area contributed by atoms with Crippen molar-refractivity contribution in [2.45, 2.75) is 37.6 Å². The number of carbonyl (C=O) groups is 2. The number of amides is 2. The second-order valence-electron chi connectivity index (χ2n) is 8.09. The Balaban J connectivity index is 1.40.